The molecule has 0 radical (unpaired) electrons. The molecule has 0 aliphatic carbocycles. The van der Waals surface area contributed by atoms with E-state index in [0.29, 0.717) is 12.4 Å². The molecule has 8 nitrogen and oxygen atoms in total. The minimum atomic E-state index is -0.217. The molecular weight excluding hydrogens is 388 g/mol. The number of rotatable bonds is 4. The second-order valence-electron chi connectivity index (χ2n) is 7.32. The molecule has 5 rings (SSSR count). The molecule has 1 saturated heterocycles. The van der Waals surface area contributed by atoms with Gasteiger partial charge in [-0.3, -0.25) is 4.79 Å². The van der Waals surface area contributed by atoms with Crippen LogP contribution in [0, 0.1) is 0 Å². The number of ether oxygens (including phenoxy) is 1. The molecule has 0 unspecified atom stereocenters. The molecule has 0 atom stereocenters. The summed E-state index contributed by atoms with van der Waals surface area (Å²) in [4.78, 5) is 23.2. The molecule has 9 heteroatoms. The maximum absolute atomic E-state index is 12.9. The van der Waals surface area contributed by atoms with E-state index in [9.17, 15) is 4.79 Å². The van der Waals surface area contributed by atoms with Gasteiger partial charge in [0.15, 0.2) is 5.82 Å². The van der Waals surface area contributed by atoms with Crippen molar-refractivity contribution < 1.29 is 9.53 Å². The first-order valence-corrected chi connectivity index (χ1v) is 10.6. The van der Waals surface area contributed by atoms with Crippen LogP contribution in [0.5, 0.6) is 0 Å². The van der Waals surface area contributed by atoms with E-state index < -0.39 is 0 Å². The average Bonchev–Trinajstić information content (AvgIpc) is 3.44. The molecule has 0 bridgehead atoms. The highest BCUT2D eigenvalue weighted by atomic mass is 32.1. The van der Waals surface area contributed by atoms with Crippen molar-refractivity contribution >= 4 is 17.2 Å². The van der Waals surface area contributed by atoms with Gasteiger partial charge in [0.1, 0.15) is 18.3 Å². The Balaban J connectivity index is 1.34. The van der Waals surface area contributed by atoms with Gasteiger partial charge in [-0.2, -0.15) is 5.10 Å². The number of thiophene rings is 1. The van der Waals surface area contributed by atoms with Gasteiger partial charge in [-0.15, -0.1) is 11.3 Å². The van der Waals surface area contributed by atoms with Crippen LogP contribution in [0.1, 0.15) is 38.5 Å². The standard InChI is InChI=1S/C20H22N6O2S/c27-19(24-11-15-2-1-6-23-18(15)26-13-22-12-25-26)16-10-14-3-9-28-20(17(14)29-16)4-7-21-8-5-20/h1-2,6,10,12-13,21H,3-5,7-9,11H2,(H,24,27). The van der Waals surface area contributed by atoms with Crippen LogP contribution in [0.3, 0.4) is 0 Å². The first-order chi connectivity index (χ1) is 14.3. The second-order valence-corrected chi connectivity index (χ2v) is 8.37. The van der Waals surface area contributed by atoms with Gasteiger partial charge in [-0.05, 0) is 50.0 Å². The van der Waals surface area contributed by atoms with Crippen molar-refractivity contribution in [3.63, 3.8) is 0 Å². The summed E-state index contributed by atoms with van der Waals surface area (Å²) in [7, 11) is 0. The maximum Gasteiger partial charge on any atom is 0.261 e. The molecule has 1 spiro atoms. The van der Waals surface area contributed by atoms with Crippen molar-refractivity contribution in [1.29, 1.82) is 0 Å². The number of pyridine rings is 1. The van der Waals surface area contributed by atoms with E-state index in [1.807, 2.05) is 18.2 Å². The highest BCUT2D eigenvalue weighted by Gasteiger charge is 2.41. The van der Waals surface area contributed by atoms with Gasteiger partial charge in [0, 0.05) is 23.2 Å². The van der Waals surface area contributed by atoms with Gasteiger partial charge in [0.2, 0.25) is 0 Å². The Morgan fingerprint density at radius 2 is 2.28 bits per heavy atom. The van der Waals surface area contributed by atoms with Crippen molar-refractivity contribution in [2.45, 2.75) is 31.4 Å². The molecule has 29 heavy (non-hydrogen) atoms. The van der Waals surface area contributed by atoms with Crippen molar-refractivity contribution in [3.8, 4) is 5.82 Å². The summed E-state index contributed by atoms with van der Waals surface area (Å²) < 4.78 is 7.83. The van der Waals surface area contributed by atoms with Gasteiger partial charge >= 0.3 is 0 Å². The normalized spacial score (nSPS) is 17.8. The summed E-state index contributed by atoms with van der Waals surface area (Å²) >= 11 is 1.58. The predicted molar refractivity (Wildman–Crippen MR) is 108 cm³/mol. The minimum Gasteiger partial charge on any atom is -0.369 e. The molecule has 0 saturated carbocycles. The van der Waals surface area contributed by atoms with Gasteiger partial charge in [0.05, 0.1) is 11.5 Å². The number of carbonyl (C=O) groups excluding carboxylic acids is 1. The molecule has 5 heterocycles. The summed E-state index contributed by atoms with van der Waals surface area (Å²) in [5.41, 5.74) is 1.93. The molecule has 1 amide bonds. The van der Waals surface area contributed by atoms with Crippen LogP contribution in [0.2, 0.25) is 0 Å². The van der Waals surface area contributed by atoms with Crippen LogP contribution in [0.25, 0.3) is 5.82 Å². The van der Waals surface area contributed by atoms with E-state index in [0.717, 1.165) is 49.4 Å². The summed E-state index contributed by atoms with van der Waals surface area (Å²) in [6, 6.07) is 5.83. The molecule has 2 N–H and O–H groups in total. The van der Waals surface area contributed by atoms with E-state index in [1.54, 1.807) is 28.5 Å². The van der Waals surface area contributed by atoms with Crippen LogP contribution >= 0.6 is 11.3 Å². The first-order valence-electron chi connectivity index (χ1n) is 9.80. The molecule has 0 aromatic carbocycles. The van der Waals surface area contributed by atoms with Crippen molar-refractivity contribution in [1.82, 2.24) is 30.4 Å². The van der Waals surface area contributed by atoms with E-state index in [4.69, 9.17) is 4.74 Å². The largest absolute Gasteiger partial charge is 0.369 e. The lowest BCUT2D eigenvalue weighted by Gasteiger charge is -2.40. The number of hydrogen-bond acceptors (Lipinski definition) is 7. The Labute approximate surface area is 172 Å². The number of carbonyl (C=O) groups is 1. The van der Waals surface area contributed by atoms with Crippen LogP contribution < -0.4 is 10.6 Å². The monoisotopic (exact) mass is 410 g/mol. The number of piperidine rings is 1. The smallest absolute Gasteiger partial charge is 0.261 e. The summed E-state index contributed by atoms with van der Waals surface area (Å²) in [5, 5.41) is 10.6. The fourth-order valence-corrected chi connectivity index (χ4v) is 5.42. The Morgan fingerprint density at radius 1 is 1.38 bits per heavy atom. The van der Waals surface area contributed by atoms with E-state index in [2.05, 4.69) is 25.7 Å². The number of nitrogens with one attached hydrogen (secondary N) is 2. The van der Waals surface area contributed by atoms with Crippen LogP contribution in [-0.2, 0) is 23.3 Å². The van der Waals surface area contributed by atoms with Gasteiger partial charge < -0.3 is 15.4 Å². The second kappa shape index (κ2) is 7.66. The lowest BCUT2D eigenvalue weighted by atomic mass is 9.86. The quantitative estimate of drug-likeness (QED) is 0.681. The SMILES string of the molecule is O=C(NCc1cccnc1-n1cncn1)c1cc2c(s1)C1(CCNCC1)OCC2. The predicted octanol–water partition coefficient (Wildman–Crippen LogP) is 1.81. The zero-order valence-corrected chi connectivity index (χ0v) is 16.7. The third kappa shape index (κ3) is 3.45. The fourth-order valence-electron chi connectivity index (χ4n) is 4.09. The Morgan fingerprint density at radius 3 is 3.10 bits per heavy atom. The highest BCUT2D eigenvalue weighted by molar-refractivity contribution is 7.14. The number of fused-ring (bicyclic) bond motifs is 2. The molecule has 2 aliphatic rings. The number of nitrogens with zero attached hydrogens (tertiary/aromatic N) is 4. The third-order valence-electron chi connectivity index (χ3n) is 5.55. The molecule has 1 fully saturated rings. The Kier molecular flexibility index (Phi) is 4.86. The number of hydrogen-bond donors (Lipinski definition) is 2. The van der Waals surface area contributed by atoms with Crippen LogP contribution in [0.4, 0.5) is 0 Å². The van der Waals surface area contributed by atoms with Crippen LogP contribution in [-0.4, -0.2) is 45.4 Å². The number of aromatic nitrogens is 4. The molecule has 3 aromatic heterocycles. The van der Waals surface area contributed by atoms with Gasteiger partial charge in [-0.25, -0.2) is 14.6 Å². The average molecular weight is 411 g/mol. The zero-order valence-electron chi connectivity index (χ0n) is 15.9. The third-order valence-corrected chi connectivity index (χ3v) is 6.91. The van der Waals surface area contributed by atoms with Crippen LogP contribution in [0.15, 0.2) is 37.1 Å². The molecule has 150 valence electrons. The minimum absolute atomic E-state index is 0.0677. The van der Waals surface area contributed by atoms with Gasteiger partial charge in [-0.1, -0.05) is 6.07 Å². The lowest BCUT2D eigenvalue weighted by Crippen LogP contribution is -2.43. The van der Waals surface area contributed by atoms with E-state index in [1.165, 1.54) is 16.8 Å². The van der Waals surface area contributed by atoms with E-state index in [-0.39, 0.29) is 11.5 Å². The van der Waals surface area contributed by atoms with Crippen molar-refractivity contribution in [2.24, 2.45) is 0 Å². The summed E-state index contributed by atoms with van der Waals surface area (Å²) in [5.74, 6) is 0.597. The highest BCUT2D eigenvalue weighted by Crippen LogP contribution is 2.44. The topological polar surface area (TPSA) is 94.0 Å². The molecule has 2 aliphatic heterocycles. The molecular formula is C20H22N6O2S. The fraction of sp³-hybridized carbons (Fsp3) is 0.400. The Bertz CT molecular complexity index is 1010. The first kappa shape index (κ1) is 18.4. The summed E-state index contributed by atoms with van der Waals surface area (Å²) in [6.45, 7) is 2.99. The van der Waals surface area contributed by atoms with Gasteiger partial charge in [0.25, 0.3) is 5.91 Å². The maximum atomic E-state index is 12.9. The zero-order chi connectivity index (χ0) is 19.7. The van der Waals surface area contributed by atoms with Crippen molar-refractivity contribution in [2.75, 3.05) is 19.7 Å². The Hall–Kier alpha value is -2.62. The summed E-state index contributed by atoms with van der Waals surface area (Å²) in [6.07, 6.45) is 7.55. The lowest BCUT2D eigenvalue weighted by molar-refractivity contribution is -0.0771. The molecule has 3 aromatic rings. The van der Waals surface area contributed by atoms with E-state index >= 15 is 0 Å². The number of amides is 1. The van der Waals surface area contributed by atoms with Crippen molar-refractivity contribution in [3.05, 3.63) is 57.9 Å².